The molecule has 15 heteroatoms. The predicted molar refractivity (Wildman–Crippen MR) is 143 cm³/mol. The highest BCUT2D eigenvalue weighted by Gasteiger charge is 2.37. The van der Waals surface area contributed by atoms with Crippen LogP contribution < -0.4 is 10.1 Å². The summed E-state index contributed by atoms with van der Waals surface area (Å²) in [4.78, 5) is 17.3. The lowest BCUT2D eigenvalue weighted by molar-refractivity contribution is -0.142. The molecule has 5 rings (SSSR count). The molecule has 3 aromatic heterocycles. The fourth-order valence-corrected chi connectivity index (χ4v) is 4.73. The number of hydrogen-bond donors (Lipinski definition) is 1. The Morgan fingerprint density at radius 1 is 1.12 bits per heavy atom. The molecule has 0 radical (unpaired) electrons. The second-order valence-electron chi connectivity index (χ2n) is 8.33. The number of carbonyl (C=O) groups is 1. The zero-order valence-corrected chi connectivity index (χ0v) is 23.2. The van der Waals surface area contributed by atoms with Gasteiger partial charge in [0.25, 0.3) is 5.91 Å². The van der Waals surface area contributed by atoms with Gasteiger partial charge in [0.05, 0.1) is 23.8 Å². The number of aromatic nitrogens is 5. The van der Waals surface area contributed by atoms with E-state index in [1.165, 1.54) is 42.3 Å². The van der Waals surface area contributed by atoms with Crippen LogP contribution in [0.3, 0.4) is 0 Å². The van der Waals surface area contributed by atoms with Crippen LogP contribution in [0.25, 0.3) is 16.9 Å². The maximum absolute atomic E-state index is 14.2. The van der Waals surface area contributed by atoms with Gasteiger partial charge in [-0.25, -0.2) is 13.9 Å². The molecule has 8 nitrogen and oxygen atoms in total. The van der Waals surface area contributed by atoms with E-state index >= 15 is 0 Å². The van der Waals surface area contributed by atoms with Gasteiger partial charge in [0, 0.05) is 22.3 Å². The number of carbonyl (C=O) groups excluding carboxylic acids is 1. The van der Waals surface area contributed by atoms with Crippen LogP contribution in [-0.4, -0.2) is 37.4 Å². The molecule has 0 bridgehead atoms. The number of benzene rings is 2. The highest BCUT2D eigenvalue weighted by Crippen LogP contribution is 2.35. The van der Waals surface area contributed by atoms with E-state index in [4.69, 9.17) is 27.9 Å². The summed E-state index contributed by atoms with van der Waals surface area (Å²) in [6.07, 6.45) is -3.39. The van der Waals surface area contributed by atoms with Gasteiger partial charge in [0.1, 0.15) is 16.6 Å². The molecule has 0 atom stereocenters. The van der Waals surface area contributed by atoms with Crippen LogP contribution in [0.2, 0.25) is 10.0 Å². The van der Waals surface area contributed by atoms with Gasteiger partial charge in [-0.1, -0.05) is 41.4 Å². The topological polar surface area (TPSA) is 86.3 Å². The Morgan fingerprint density at radius 2 is 1.88 bits per heavy atom. The largest absolute Gasteiger partial charge is 0.497 e. The van der Waals surface area contributed by atoms with Crippen molar-refractivity contribution in [1.82, 2.24) is 24.4 Å². The molecule has 0 aliphatic rings. The van der Waals surface area contributed by atoms with Crippen molar-refractivity contribution >= 4 is 56.5 Å². The lowest BCUT2D eigenvalue weighted by Crippen LogP contribution is -2.16. The van der Waals surface area contributed by atoms with Gasteiger partial charge in [-0.05, 0) is 46.3 Å². The first-order chi connectivity index (χ1) is 19.0. The van der Waals surface area contributed by atoms with Crippen LogP contribution in [0.5, 0.6) is 5.75 Å². The zero-order chi connectivity index (χ0) is 28.8. The van der Waals surface area contributed by atoms with Crippen molar-refractivity contribution in [2.24, 2.45) is 0 Å². The number of rotatable bonds is 6. The summed E-state index contributed by atoms with van der Waals surface area (Å²) < 4.78 is 63.5. The molecule has 40 heavy (non-hydrogen) atoms. The summed E-state index contributed by atoms with van der Waals surface area (Å²) >= 11 is 15.7. The maximum Gasteiger partial charge on any atom is 0.433 e. The highest BCUT2D eigenvalue weighted by atomic mass is 79.9. The average molecular weight is 658 g/mol. The fraction of sp³-hybridized carbons (Fsp3) is 0.120. The van der Waals surface area contributed by atoms with Crippen LogP contribution in [0.4, 0.5) is 23.4 Å². The normalized spacial score (nSPS) is 11.7. The van der Waals surface area contributed by atoms with Crippen molar-refractivity contribution in [2.75, 3.05) is 12.4 Å². The Morgan fingerprint density at radius 3 is 2.58 bits per heavy atom. The molecule has 0 unspecified atom stereocenters. The third kappa shape index (κ3) is 5.36. The molecule has 5 aromatic rings. The minimum Gasteiger partial charge on any atom is -0.497 e. The number of alkyl halides is 3. The summed E-state index contributed by atoms with van der Waals surface area (Å²) in [6, 6.07) is 11.3. The second-order valence-corrected chi connectivity index (χ2v) is 9.97. The fourth-order valence-electron chi connectivity index (χ4n) is 3.84. The Labute approximate surface area is 241 Å². The summed E-state index contributed by atoms with van der Waals surface area (Å²) in [7, 11) is 1.42. The molecule has 1 amide bonds. The van der Waals surface area contributed by atoms with E-state index in [9.17, 15) is 22.4 Å². The minimum atomic E-state index is -4.85. The number of anilines is 1. The van der Waals surface area contributed by atoms with Gasteiger partial charge in [0.15, 0.2) is 22.9 Å². The molecule has 3 heterocycles. The number of nitrogens with zero attached hydrogens (tertiary/aromatic N) is 5. The van der Waals surface area contributed by atoms with Gasteiger partial charge in [-0.3, -0.25) is 9.48 Å². The Kier molecular flexibility index (Phi) is 7.46. The number of methoxy groups -OCH3 is 1. The van der Waals surface area contributed by atoms with Crippen molar-refractivity contribution in [3.8, 4) is 17.0 Å². The number of hydrogen-bond acceptors (Lipinski definition) is 5. The number of amides is 1. The third-order valence-electron chi connectivity index (χ3n) is 5.73. The van der Waals surface area contributed by atoms with Crippen molar-refractivity contribution < 1.29 is 27.1 Å². The van der Waals surface area contributed by atoms with E-state index in [0.29, 0.717) is 20.3 Å². The minimum absolute atomic E-state index is 0.00772. The number of halogens is 7. The van der Waals surface area contributed by atoms with E-state index < -0.39 is 34.3 Å². The first-order valence-corrected chi connectivity index (χ1v) is 12.8. The number of ether oxygens (including phenoxy) is 1. The molecule has 0 saturated heterocycles. The summed E-state index contributed by atoms with van der Waals surface area (Å²) in [5.74, 6) is -1.08. The molecule has 0 saturated carbocycles. The standard InChI is InChI=1S/C25H15BrCl2F4N6O2/c1-40-13-5-2-4-12(8-13)18-9-19(25(30,31)32)38-23(33-18)20(28)21(35-38)24(39)34-22-15(26)11-37(36-22)10-14-16(27)6-3-7-17(14)29/h2-9,11H,10H2,1H3,(H,34,36,39). The molecule has 0 aliphatic carbocycles. The molecule has 0 fully saturated rings. The van der Waals surface area contributed by atoms with Crippen molar-refractivity contribution in [3.05, 3.63) is 92.0 Å². The van der Waals surface area contributed by atoms with Gasteiger partial charge in [-0.2, -0.15) is 23.4 Å². The van der Waals surface area contributed by atoms with Crippen molar-refractivity contribution in [1.29, 1.82) is 0 Å². The van der Waals surface area contributed by atoms with E-state index in [1.807, 2.05) is 0 Å². The van der Waals surface area contributed by atoms with Crippen LogP contribution in [0.1, 0.15) is 21.7 Å². The smallest absolute Gasteiger partial charge is 0.433 e. The monoisotopic (exact) mass is 656 g/mol. The number of nitrogens with one attached hydrogen (secondary N) is 1. The Bertz CT molecular complexity index is 1750. The molecular weight excluding hydrogens is 643 g/mol. The molecule has 0 spiro atoms. The molecule has 2 aromatic carbocycles. The van der Waals surface area contributed by atoms with E-state index in [-0.39, 0.29) is 34.3 Å². The van der Waals surface area contributed by atoms with Crippen molar-refractivity contribution in [2.45, 2.75) is 12.7 Å². The lowest BCUT2D eigenvalue weighted by Gasteiger charge is -2.11. The van der Waals surface area contributed by atoms with E-state index in [1.54, 1.807) is 18.2 Å². The highest BCUT2D eigenvalue weighted by molar-refractivity contribution is 9.10. The Balaban J connectivity index is 1.50. The molecule has 0 aliphatic heterocycles. The van der Waals surface area contributed by atoms with Crippen LogP contribution in [0.15, 0.2) is 59.2 Å². The van der Waals surface area contributed by atoms with Crippen LogP contribution >= 0.6 is 39.1 Å². The van der Waals surface area contributed by atoms with Crippen molar-refractivity contribution in [3.63, 3.8) is 0 Å². The van der Waals surface area contributed by atoms with Gasteiger partial charge in [-0.15, -0.1) is 0 Å². The van der Waals surface area contributed by atoms with Gasteiger partial charge < -0.3 is 10.1 Å². The van der Waals surface area contributed by atoms with Crippen LogP contribution in [0, 0.1) is 5.82 Å². The molecule has 1 N–H and O–H groups in total. The van der Waals surface area contributed by atoms with E-state index in [2.05, 4.69) is 36.4 Å². The first kappa shape index (κ1) is 27.9. The average Bonchev–Trinajstić information content (AvgIpc) is 3.43. The number of fused-ring (bicyclic) bond motifs is 1. The summed E-state index contributed by atoms with van der Waals surface area (Å²) in [5.41, 5.74) is -1.62. The maximum atomic E-state index is 14.2. The van der Waals surface area contributed by atoms with Gasteiger partial charge >= 0.3 is 6.18 Å². The van der Waals surface area contributed by atoms with Gasteiger partial charge in [0.2, 0.25) is 0 Å². The third-order valence-corrected chi connectivity index (χ3v) is 7.02. The summed E-state index contributed by atoms with van der Waals surface area (Å²) in [5, 5.41) is 10.3. The predicted octanol–water partition coefficient (Wildman–Crippen LogP) is 7.13. The molecular formula is C25H15BrCl2F4N6O2. The SMILES string of the molecule is COc1cccc(-c2cc(C(F)(F)F)n3nc(C(=O)Nc4nn(Cc5c(F)cccc5Cl)cc4Br)c(Cl)c3n2)c1. The lowest BCUT2D eigenvalue weighted by atomic mass is 10.1. The summed E-state index contributed by atoms with van der Waals surface area (Å²) in [6.45, 7) is -0.0546. The first-order valence-electron chi connectivity index (χ1n) is 11.2. The molecule has 206 valence electrons. The zero-order valence-electron chi connectivity index (χ0n) is 20.1. The second kappa shape index (κ2) is 10.7. The van der Waals surface area contributed by atoms with Crippen LogP contribution in [-0.2, 0) is 12.7 Å². The quantitative estimate of drug-likeness (QED) is 0.196. The van der Waals surface area contributed by atoms with E-state index in [0.717, 1.165) is 6.07 Å². The Hall–Kier alpha value is -3.68.